The standard InChI is InChI=1S/C10H10N2O2/c1-6-3-4-8(9(13)5-6)10-11-7(2)12-14-10/h3-5,13H,1-2H3. The highest BCUT2D eigenvalue weighted by molar-refractivity contribution is 5.62. The van der Waals surface area contributed by atoms with Gasteiger partial charge in [-0.3, -0.25) is 0 Å². The Morgan fingerprint density at radius 3 is 2.64 bits per heavy atom. The number of rotatable bonds is 1. The zero-order valence-corrected chi connectivity index (χ0v) is 7.98. The van der Waals surface area contributed by atoms with Crippen LogP contribution in [0.4, 0.5) is 0 Å². The SMILES string of the molecule is Cc1ccc(-c2nc(C)no2)c(O)c1. The summed E-state index contributed by atoms with van der Waals surface area (Å²) in [5.74, 6) is 1.06. The Morgan fingerprint density at radius 2 is 2.07 bits per heavy atom. The molecule has 0 saturated heterocycles. The van der Waals surface area contributed by atoms with Crippen LogP contribution < -0.4 is 0 Å². The number of benzene rings is 1. The van der Waals surface area contributed by atoms with Crippen LogP contribution in [0.25, 0.3) is 11.5 Å². The van der Waals surface area contributed by atoms with Gasteiger partial charge in [-0.05, 0) is 31.5 Å². The molecule has 14 heavy (non-hydrogen) atoms. The van der Waals surface area contributed by atoms with Gasteiger partial charge in [0.1, 0.15) is 5.75 Å². The van der Waals surface area contributed by atoms with Crippen molar-refractivity contribution in [3.05, 3.63) is 29.6 Å². The third-order valence-electron chi connectivity index (χ3n) is 1.91. The van der Waals surface area contributed by atoms with Gasteiger partial charge < -0.3 is 9.63 Å². The van der Waals surface area contributed by atoms with Crippen LogP contribution in [-0.4, -0.2) is 15.2 Å². The van der Waals surface area contributed by atoms with E-state index in [4.69, 9.17) is 4.52 Å². The Morgan fingerprint density at radius 1 is 1.29 bits per heavy atom. The van der Waals surface area contributed by atoms with Crippen molar-refractivity contribution >= 4 is 0 Å². The van der Waals surface area contributed by atoms with Gasteiger partial charge in [-0.1, -0.05) is 11.2 Å². The Labute approximate surface area is 81.2 Å². The van der Waals surface area contributed by atoms with Gasteiger partial charge in [0.15, 0.2) is 5.82 Å². The maximum atomic E-state index is 9.63. The highest BCUT2D eigenvalue weighted by atomic mass is 16.5. The van der Waals surface area contributed by atoms with Gasteiger partial charge in [0.25, 0.3) is 5.89 Å². The smallest absolute Gasteiger partial charge is 0.261 e. The fourth-order valence-corrected chi connectivity index (χ4v) is 1.23. The number of aryl methyl sites for hydroxylation is 2. The largest absolute Gasteiger partial charge is 0.507 e. The number of aromatic hydroxyl groups is 1. The molecule has 0 atom stereocenters. The molecule has 0 fully saturated rings. The zero-order chi connectivity index (χ0) is 10.1. The summed E-state index contributed by atoms with van der Waals surface area (Å²) in [6.45, 7) is 3.64. The van der Waals surface area contributed by atoms with Crippen LogP contribution >= 0.6 is 0 Å². The maximum absolute atomic E-state index is 9.63. The molecule has 1 aromatic carbocycles. The molecule has 1 heterocycles. The van der Waals surface area contributed by atoms with E-state index in [-0.39, 0.29) is 5.75 Å². The van der Waals surface area contributed by atoms with Crippen molar-refractivity contribution in [1.29, 1.82) is 0 Å². The lowest BCUT2D eigenvalue weighted by molar-refractivity contribution is 0.420. The topological polar surface area (TPSA) is 59.2 Å². The van der Waals surface area contributed by atoms with Crippen molar-refractivity contribution in [2.45, 2.75) is 13.8 Å². The molecule has 0 unspecified atom stereocenters. The second-order valence-electron chi connectivity index (χ2n) is 3.17. The first kappa shape index (κ1) is 8.74. The van der Waals surface area contributed by atoms with E-state index in [2.05, 4.69) is 10.1 Å². The van der Waals surface area contributed by atoms with Crippen molar-refractivity contribution in [2.75, 3.05) is 0 Å². The van der Waals surface area contributed by atoms with Crippen molar-refractivity contribution in [3.63, 3.8) is 0 Å². The Hall–Kier alpha value is -1.84. The number of nitrogens with zero attached hydrogens (tertiary/aromatic N) is 2. The van der Waals surface area contributed by atoms with Crippen molar-refractivity contribution in [3.8, 4) is 17.2 Å². The molecule has 0 spiro atoms. The molecule has 0 bridgehead atoms. The van der Waals surface area contributed by atoms with E-state index in [1.54, 1.807) is 19.1 Å². The normalized spacial score (nSPS) is 10.4. The summed E-state index contributed by atoms with van der Waals surface area (Å²) < 4.78 is 4.95. The molecule has 1 N–H and O–H groups in total. The number of phenols is 1. The predicted octanol–water partition coefficient (Wildman–Crippen LogP) is 2.06. The summed E-state index contributed by atoms with van der Waals surface area (Å²) in [4.78, 5) is 4.03. The van der Waals surface area contributed by atoms with E-state index in [9.17, 15) is 5.11 Å². The van der Waals surface area contributed by atoms with E-state index < -0.39 is 0 Å². The molecule has 0 aliphatic heterocycles. The number of hydrogen-bond donors (Lipinski definition) is 1. The van der Waals surface area contributed by atoms with Gasteiger partial charge in [0.05, 0.1) is 5.56 Å². The lowest BCUT2D eigenvalue weighted by Crippen LogP contribution is -1.80. The van der Waals surface area contributed by atoms with Gasteiger partial charge in [-0.2, -0.15) is 4.98 Å². The minimum atomic E-state index is 0.161. The summed E-state index contributed by atoms with van der Waals surface area (Å²) in [7, 11) is 0. The molecule has 1 aromatic heterocycles. The second kappa shape index (κ2) is 3.14. The first-order valence-electron chi connectivity index (χ1n) is 4.27. The average Bonchev–Trinajstić information content (AvgIpc) is 2.51. The fourth-order valence-electron chi connectivity index (χ4n) is 1.23. The van der Waals surface area contributed by atoms with Crippen LogP contribution in [0.2, 0.25) is 0 Å². The highest BCUT2D eigenvalue weighted by Gasteiger charge is 2.10. The molecule has 4 heteroatoms. The molecule has 0 aliphatic rings. The quantitative estimate of drug-likeness (QED) is 0.747. The maximum Gasteiger partial charge on any atom is 0.261 e. The van der Waals surface area contributed by atoms with E-state index in [1.807, 2.05) is 13.0 Å². The van der Waals surface area contributed by atoms with Crippen LogP contribution in [0, 0.1) is 13.8 Å². The van der Waals surface area contributed by atoms with Crippen molar-refractivity contribution in [1.82, 2.24) is 10.1 Å². The summed E-state index contributed by atoms with van der Waals surface area (Å²) in [6, 6.07) is 5.31. The lowest BCUT2D eigenvalue weighted by atomic mass is 10.1. The van der Waals surface area contributed by atoms with Crippen LogP contribution in [0.1, 0.15) is 11.4 Å². The van der Waals surface area contributed by atoms with Crippen LogP contribution in [0.5, 0.6) is 5.75 Å². The van der Waals surface area contributed by atoms with E-state index in [0.717, 1.165) is 5.56 Å². The molecule has 72 valence electrons. The summed E-state index contributed by atoms with van der Waals surface area (Å²) in [5, 5.41) is 13.3. The van der Waals surface area contributed by atoms with E-state index >= 15 is 0 Å². The van der Waals surface area contributed by atoms with Gasteiger partial charge in [-0.25, -0.2) is 0 Å². The summed E-state index contributed by atoms with van der Waals surface area (Å²) in [5.41, 5.74) is 1.55. The first-order valence-corrected chi connectivity index (χ1v) is 4.27. The molecule has 0 radical (unpaired) electrons. The summed E-state index contributed by atoms with van der Waals surface area (Å²) >= 11 is 0. The molecule has 4 nitrogen and oxygen atoms in total. The molecule has 0 aliphatic carbocycles. The predicted molar refractivity (Wildman–Crippen MR) is 50.9 cm³/mol. The second-order valence-corrected chi connectivity index (χ2v) is 3.17. The van der Waals surface area contributed by atoms with Crippen molar-refractivity contribution in [2.24, 2.45) is 0 Å². The van der Waals surface area contributed by atoms with Gasteiger partial charge in [-0.15, -0.1) is 0 Å². The molecule has 0 amide bonds. The van der Waals surface area contributed by atoms with E-state index in [1.165, 1.54) is 0 Å². The Kier molecular flexibility index (Phi) is 1.96. The monoisotopic (exact) mass is 190 g/mol. The average molecular weight is 190 g/mol. The first-order chi connectivity index (χ1) is 6.66. The molecule has 0 saturated carbocycles. The molecule has 2 rings (SSSR count). The minimum absolute atomic E-state index is 0.161. The summed E-state index contributed by atoms with van der Waals surface area (Å²) in [6.07, 6.45) is 0. The van der Waals surface area contributed by atoms with Crippen LogP contribution in [0.3, 0.4) is 0 Å². The van der Waals surface area contributed by atoms with Gasteiger partial charge in [0.2, 0.25) is 0 Å². The highest BCUT2D eigenvalue weighted by Crippen LogP contribution is 2.28. The molecular formula is C10H10N2O2. The third-order valence-corrected chi connectivity index (χ3v) is 1.91. The van der Waals surface area contributed by atoms with Crippen molar-refractivity contribution < 1.29 is 9.63 Å². The third kappa shape index (κ3) is 1.46. The van der Waals surface area contributed by atoms with Crippen LogP contribution in [-0.2, 0) is 0 Å². The van der Waals surface area contributed by atoms with Gasteiger partial charge in [0, 0.05) is 0 Å². The fraction of sp³-hybridized carbons (Fsp3) is 0.200. The minimum Gasteiger partial charge on any atom is -0.507 e. The lowest BCUT2D eigenvalue weighted by Gasteiger charge is -1.99. The van der Waals surface area contributed by atoms with E-state index in [0.29, 0.717) is 17.3 Å². The Balaban J connectivity index is 2.52. The van der Waals surface area contributed by atoms with Gasteiger partial charge >= 0.3 is 0 Å². The number of hydrogen-bond acceptors (Lipinski definition) is 4. The molecular weight excluding hydrogens is 180 g/mol. The zero-order valence-electron chi connectivity index (χ0n) is 7.98. The number of aromatic nitrogens is 2. The molecule has 2 aromatic rings. The Bertz CT molecular complexity index is 463. The van der Waals surface area contributed by atoms with Crippen LogP contribution in [0.15, 0.2) is 22.7 Å². The number of phenolic OH excluding ortho intramolecular Hbond substituents is 1.